The van der Waals surface area contributed by atoms with Crippen LogP contribution in [0.25, 0.3) is 0 Å². The molecular formula is C11H24N2O. The molecule has 1 aliphatic rings. The monoisotopic (exact) mass is 200 g/mol. The van der Waals surface area contributed by atoms with Crippen molar-refractivity contribution in [1.82, 2.24) is 10.2 Å². The Bertz CT molecular complexity index is 135. The van der Waals surface area contributed by atoms with Crippen molar-refractivity contribution in [1.29, 1.82) is 0 Å². The van der Waals surface area contributed by atoms with Gasteiger partial charge in [-0.3, -0.25) is 0 Å². The van der Waals surface area contributed by atoms with Crippen LogP contribution in [0, 0.1) is 5.92 Å². The average molecular weight is 200 g/mol. The van der Waals surface area contributed by atoms with Gasteiger partial charge < -0.3 is 15.0 Å². The lowest BCUT2D eigenvalue weighted by Gasteiger charge is -2.39. The number of hydrogen-bond acceptors (Lipinski definition) is 3. The summed E-state index contributed by atoms with van der Waals surface area (Å²) in [6, 6.07) is 0. The quantitative estimate of drug-likeness (QED) is 0.591. The van der Waals surface area contributed by atoms with Crippen LogP contribution < -0.4 is 5.32 Å². The van der Waals surface area contributed by atoms with Gasteiger partial charge in [0.2, 0.25) is 0 Å². The number of nitrogens with one attached hydrogen (secondary N) is 1. The molecule has 14 heavy (non-hydrogen) atoms. The van der Waals surface area contributed by atoms with Crippen molar-refractivity contribution in [2.24, 2.45) is 5.92 Å². The zero-order chi connectivity index (χ0) is 10.2. The van der Waals surface area contributed by atoms with Crippen LogP contribution in [0.1, 0.15) is 19.8 Å². The third kappa shape index (κ3) is 4.40. The molecule has 84 valence electrons. The van der Waals surface area contributed by atoms with Gasteiger partial charge in [0.15, 0.2) is 0 Å². The first-order valence-electron chi connectivity index (χ1n) is 5.78. The van der Waals surface area contributed by atoms with E-state index in [0.29, 0.717) is 0 Å². The van der Waals surface area contributed by atoms with E-state index in [1.165, 1.54) is 32.5 Å². The summed E-state index contributed by atoms with van der Waals surface area (Å²) < 4.78 is 4.96. The van der Waals surface area contributed by atoms with Crippen molar-refractivity contribution in [2.75, 3.05) is 46.4 Å². The third-order valence-corrected chi connectivity index (χ3v) is 2.82. The van der Waals surface area contributed by atoms with Gasteiger partial charge in [0, 0.05) is 39.8 Å². The van der Waals surface area contributed by atoms with Crippen LogP contribution in [-0.4, -0.2) is 51.3 Å². The van der Waals surface area contributed by atoms with E-state index in [0.717, 1.165) is 25.6 Å². The molecule has 0 aromatic rings. The lowest BCUT2D eigenvalue weighted by molar-refractivity contribution is 0.0940. The SMILES string of the molecule is CCCC1CN(CCNCCOC)C1. The molecule has 0 atom stereocenters. The predicted octanol–water partition coefficient (Wildman–Crippen LogP) is 0.954. The van der Waals surface area contributed by atoms with Crippen LogP contribution in [0.3, 0.4) is 0 Å². The summed E-state index contributed by atoms with van der Waals surface area (Å²) in [5.74, 6) is 0.985. The number of ether oxygens (including phenoxy) is 1. The summed E-state index contributed by atoms with van der Waals surface area (Å²) in [5, 5.41) is 3.37. The first-order chi connectivity index (χ1) is 6.86. The molecule has 0 amide bonds. The molecule has 0 aromatic heterocycles. The molecule has 1 fully saturated rings. The Labute approximate surface area is 87.8 Å². The highest BCUT2D eigenvalue weighted by molar-refractivity contribution is 4.79. The van der Waals surface area contributed by atoms with E-state index in [9.17, 15) is 0 Å². The second-order valence-corrected chi connectivity index (χ2v) is 4.16. The van der Waals surface area contributed by atoms with Gasteiger partial charge in [-0.1, -0.05) is 13.3 Å². The summed E-state index contributed by atoms with van der Waals surface area (Å²) in [6.45, 7) is 9.00. The van der Waals surface area contributed by atoms with Crippen LogP contribution >= 0.6 is 0 Å². The summed E-state index contributed by atoms with van der Waals surface area (Å²) in [5.41, 5.74) is 0. The highest BCUT2D eigenvalue weighted by atomic mass is 16.5. The first kappa shape index (κ1) is 12.0. The maximum Gasteiger partial charge on any atom is 0.0587 e. The maximum atomic E-state index is 4.96. The van der Waals surface area contributed by atoms with Crippen LogP contribution in [0.4, 0.5) is 0 Å². The minimum absolute atomic E-state index is 0.818. The molecule has 0 aromatic carbocycles. The molecule has 0 spiro atoms. The van der Waals surface area contributed by atoms with Gasteiger partial charge >= 0.3 is 0 Å². The molecule has 1 saturated heterocycles. The normalized spacial score (nSPS) is 18.4. The molecule has 0 bridgehead atoms. The summed E-state index contributed by atoms with van der Waals surface area (Å²) in [6.07, 6.45) is 2.75. The fraction of sp³-hybridized carbons (Fsp3) is 1.00. The highest BCUT2D eigenvalue weighted by Crippen LogP contribution is 2.19. The van der Waals surface area contributed by atoms with Crippen LogP contribution in [-0.2, 0) is 4.74 Å². The fourth-order valence-electron chi connectivity index (χ4n) is 1.99. The Morgan fingerprint density at radius 1 is 1.36 bits per heavy atom. The summed E-state index contributed by atoms with van der Waals surface area (Å²) in [4.78, 5) is 2.53. The van der Waals surface area contributed by atoms with Gasteiger partial charge in [-0.15, -0.1) is 0 Å². The van der Waals surface area contributed by atoms with E-state index >= 15 is 0 Å². The van der Waals surface area contributed by atoms with Crippen molar-refractivity contribution in [2.45, 2.75) is 19.8 Å². The lowest BCUT2D eigenvalue weighted by Crippen LogP contribution is -2.49. The molecule has 0 aliphatic carbocycles. The maximum absolute atomic E-state index is 4.96. The Hall–Kier alpha value is -0.120. The Kier molecular flexibility index (Phi) is 6.15. The molecule has 3 nitrogen and oxygen atoms in total. The molecule has 1 N–H and O–H groups in total. The van der Waals surface area contributed by atoms with Crippen LogP contribution in [0.15, 0.2) is 0 Å². The second kappa shape index (κ2) is 7.21. The molecule has 1 aliphatic heterocycles. The average Bonchev–Trinajstić information content (AvgIpc) is 2.13. The van der Waals surface area contributed by atoms with Gasteiger partial charge in [-0.2, -0.15) is 0 Å². The Balaban J connectivity index is 1.81. The van der Waals surface area contributed by atoms with Crippen LogP contribution in [0.2, 0.25) is 0 Å². The van der Waals surface area contributed by atoms with Gasteiger partial charge in [0.1, 0.15) is 0 Å². The lowest BCUT2D eigenvalue weighted by atomic mass is 9.95. The van der Waals surface area contributed by atoms with Crippen molar-refractivity contribution in [3.8, 4) is 0 Å². The predicted molar refractivity (Wildman–Crippen MR) is 59.6 cm³/mol. The van der Waals surface area contributed by atoms with Gasteiger partial charge in [0.05, 0.1) is 6.61 Å². The van der Waals surface area contributed by atoms with Gasteiger partial charge in [-0.05, 0) is 12.3 Å². The number of likely N-dealkylation sites (tertiary alicyclic amines) is 1. The molecule has 3 heteroatoms. The third-order valence-electron chi connectivity index (χ3n) is 2.82. The Morgan fingerprint density at radius 2 is 2.14 bits per heavy atom. The second-order valence-electron chi connectivity index (χ2n) is 4.16. The van der Waals surface area contributed by atoms with Gasteiger partial charge in [0.25, 0.3) is 0 Å². The topological polar surface area (TPSA) is 24.5 Å². The van der Waals surface area contributed by atoms with E-state index in [2.05, 4.69) is 17.1 Å². The zero-order valence-electron chi connectivity index (χ0n) is 9.59. The fourth-order valence-corrected chi connectivity index (χ4v) is 1.99. The van der Waals surface area contributed by atoms with Crippen molar-refractivity contribution >= 4 is 0 Å². The summed E-state index contributed by atoms with van der Waals surface area (Å²) >= 11 is 0. The molecule has 0 unspecified atom stereocenters. The number of methoxy groups -OCH3 is 1. The molecule has 0 saturated carbocycles. The van der Waals surface area contributed by atoms with Gasteiger partial charge in [-0.25, -0.2) is 0 Å². The number of hydrogen-bond donors (Lipinski definition) is 1. The number of nitrogens with zero attached hydrogens (tertiary/aromatic N) is 1. The van der Waals surface area contributed by atoms with Crippen molar-refractivity contribution in [3.05, 3.63) is 0 Å². The molecule has 0 radical (unpaired) electrons. The van der Waals surface area contributed by atoms with E-state index in [-0.39, 0.29) is 0 Å². The minimum Gasteiger partial charge on any atom is -0.383 e. The largest absolute Gasteiger partial charge is 0.383 e. The molecule has 1 rings (SSSR count). The number of rotatable bonds is 8. The summed E-state index contributed by atoms with van der Waals surface area (Å²) in [7, 11) is 1.74. The Morgan fingerprint density at radius 3 is 2.79 bits per heavy atom. The molecule has 1 heterocycles. The first-order valence-corrected chi connectivity index (χ1v) is 5.78. The molecular weight excluding hydrogens is 176 g/mol. The smallest absolute Gasteiger partial charge is 0.0587 e. The standard InChI is InChI=1S/C11H24N2O/c1-3-4-11-9-13(10-11)7-5-12-6-8-14-2/h11-12H,3-10H2,1-2H3. The van der Waals surface area contributed by atoms with E-state index in [1.807, 2.05) is 0 Å². The minimum atomic E-state index is 0.818. The van der Waals surface area contributed by atoms with E-state index in [4.69, 9.17) is 4.74 Å². The highest BCUT2D eigenvalue weighted by Gasteiger charge is 2.24. The van der Waals surface area contributed by atoms with Crippen molar-refractivity contribution in [3.63, 3.8) is 0 Å². The zero-order valence-corrected chi connectivity index (χ0v) is 9.59. The van der Waals surface area contributed by atoms with E-state index < -0.39 is 0 Å². The van der Waals surface area contributed by atoms with E-state index in [1.54, 1.807) is 7.11 Å². The van der Waals surface area contributed by atoms with Crippen molar-refractivity contribution < 1.29 is 4.74 Å². The van der Waals surface area contributed by atoms with Crippen LogP contribution in [0.5, 0.6) is 0 Å².